The molecule has 9 heteroatoms. The SMILES string of the molecule is Cc1cc(C=NNC(=O)Cc2ccccc2[N+](=O)[O-])c(C)n1-c1ccc(C(N)=O)cc1. The highest BCUT2D eigenvalue weighted by Gasteiger charge is 2.15. The fourth-order valence-corrected chi connectivity index (χ4v) is 3.32. The molecule has 0 atom stereocenters. The third kappa shape index (κ3) is 4.84. The van der Waals surface area contributed by atoms with Crippen molar-refractivity contribution in [3.63, 3.8) is 0 Å². The molecule has 3 N–H and O–H groups in total. The second-order valence-corrected chi connectivity index (χ2v) is 6.93. The van der Waals surface area contributed by atoms with Crippen molar-refractivity contribution in [2.45, 2.75) is 20.3 Å². The minimum atomic E-state index is -0.517. The van der Waals surface area contributed by atoms with Crippen molar-refractivity contribution in [3.8, 4) is 5.69 Å². The van der Waals surface area contributed by atoms with Gasteiger partial charge >= 0.3 is 0 Å². The number of hydrazone groups is 1. The van der Waals surface area contributed by atoms with E-state index in [1.54, 1.807) is 42.5 Å². The van der Waals surface area contributed by atoms with Gasteiger partial charge < -0.3 is 10.3 Å². The number of aryl methyl sites for hydroxylation is 1. The van der Waals surface area contributed by atoms with Gasteiger partial charge in [-0.3, -0.25) is 19.7 Å². The largest absolute Gasteiger partial charge is 0.366 e. The van der Waals surface area contributed by atoms with E-state index in [-0.39, 0.29) is 12.1 Å². The Morgan fingerprint density at radius 1 is 1.16 bits per heavy atom. The minimum Gasteiger partial charge on any atom is -0.366 e. The Kier molecular flexibility index (Phi) is 6.25. The van der Waals surface area contributed by atoms with E-state index in [1.807, 2.05) is 24.5 Å². The monoisotopic (exact) mass is 419 g/mol. The number of carbonyl (C=O) groups is 2. The average molecular weight is 419 g/mol. The van der Waals surface area contributed by atoms with Crippen LogP contribution >= 0.6 is 0 Å². The molecule has 0 unspecified atom stereocenters. The summed E-state index contributed by atoms with van der Waals surface area (Å²) in [5, 5.41) is 15.1. The van der Waals surface area contributed by atoms with Gasteiger partial charge in [-0.2, -0.15) is 5.10 Å². The molecule has 0 saturated heterocycles. The van der Waals surface area contributed by atoms with Crippen LogP contribution in [-0.4, -0.2) is 27.5 Å². The molecule has 0 aliphatic rings. The van der Waals surface area contributed by atoms with E-state index < -0.39 is 16.7 Å². The molecule has 3 rings (SSSR count). The van der Waals surface area contributed by atoms with E-state index in [9.17, 15) is 19.7 Å². The first-order chi connectivity index (χ1) is 14.8. The van der Waals surface area contributed by atoms with E-state index in [0.717, 1.165) is 22.6 Å². The normalized spacial score (nSPS) is 10.9. The third-order valence-electron chi connectivity index (χ3n) is 4.81. The quantitative estimate of drug-likeness (QED) is 0.346. The summed E-state index contributed by atoms with van der Waals surface area (Å²) < 4.78 is 1.99. The van der Waals surface area contributed by atoms with Gasteiger partial charge in [0.15, 0.2) is 0 Å². The van der Waals surface area contributed by atoms with Crippen LogP contribution in [0.2, 0.25) is 0 Å². The Hall–Kier alpha value is -4.27. The van der Waals surface area contributed by atoms with E-state index in [2.05, 4.69) is 10.5 Å². The summed E-state index contributed by atoms with van der Waals surface area (Å²) in [4.78, 5) is 34.0. The van der Waals surface area contributed by atoms with Gasteiger partial charge in [-0.1, -0.05) is 18.2 Å². The first-order valence-electron chi connectivity index (χ1n) is 9.41. The summed E-state index contributed by atoms with van der Waals surface area (Å²) in [7, 11) is 0. The van der Waals surface area contributed by atoms with Crippen molar-refractivity contribution >= 4 is 23.7 Å². The molecule has 2 amide bonds. The molecule has 0 bridgehead atoms. The number of nitrogens with one attached hydrogen (secondary N) is 1. The number of nitro benzene ring substituents is 1. The van der Waals surface area contributed by atoms with Crippen molar-refractivity contribution in [2.75, 3.05) is 0 Å². The van der Waals surface area contributed by atoms with Crippen molar-refractivity contribution in [1.29, 1.82) is 0 Å². The van der Waals surface area contributed by atoms with Crippen molar-refractivity contribution < 1.29 is 14.5 Å². The molecule has 0 aliphatic heterocycles. The van der Waals surface area contributed by atoms with Gasteiger partial charge in [0.1, 0.15) is 0 Å². The number of nitro groups is 1. The first kappa shape index (κ1) is 21.4. The molecule has 158 valence electrons. The Labute approximate surface area is 178 Å². The van der Waals surface area contributed by atoms with Crippen molar-refractivity contribution in [3.05, 3.63) is 92.8 Å². The number of carbonyl (C=O) groups excluding carboxylic acids is 2. The first-order valence-corrected chi connectivity index (χ1v) is 9.41. The Morgan fingerprint density at radius 2 is 1.84 bits per heavy atom. The predicted molar refractivity (Wildman–Crippen MR) is 116 cm³/mol. The van der Waals surface area contributed by atoms with Gasteiger partial charge in [0, 0.05) is 39.8 Å². The summed E-state index contributed by atoms with van der Waals surface area (Å²) in [6, 6.07) is 14.9. The second kappa shape index (κ2) is 9.04. The number of hydrogen-bond donors (Lipinski definition) is 2. The van der Waals surface area contributed by atoms with Gasteiger partial charge in [0.05, 0.1) is 17.6 Å². The van der Waals surface area contributed by atoms with Crippen LogP contribution < -0.4 is 11.2 Å². The molecule has 9 nitrogen and oxygen atoms in total. The molecule has 0 saturated carbocycles. The predicted octanol–water partition coefficient (Wildman–Crippen LogP) is 2.79. The number of nitrogens with two attached hydrogens (primary N) is 1. The van der Waals surface area contributed by atoms with Gasteiger partial charge in [0.2, 0.25) is 11.8 Å². The zero-order chi connectivity index (χ0) is 22.5. The summed E-state index contributed by atoms with van der Waals surface area (Å²) >= 11 is 0. The summed E-state index contributed by atoms with van der Waals surface area (Å²) in [5.74, 6) is -0.946. The maximum atomic E-state index is 12.2. The second-order valence-electron chi connectivity index (χ2n) is 6.93. The fourth-order valence-electron chi connectivity index (χ4n) is 3.32. The maximum absolute atomic E-state index is 12.2. The van der Waals surface area contributed by atoms with Crippen LogP contribution in [0.3, 0.4) is 0 Å². The van der Waals surface area contributed by atoms with Gasteiger partial charge in [0.25, 0.3) is 5.69 Å². The molecule has 1 heterocycles. The van der Waals surface area contributed by atoms with E-state index in [1.165, 1.54) is 12.3 Å². The Morgan fingerprint density at radius 3 is 2.48 bits per heavy atom. The molecule has 0 aliphatic carbocycles. The lowest BCUT2D eigenvalue weighted by Gasteiger charge is -2.10. The smallest absolute Gasteiger partial charge is 0.273 e. The number of primary amides is 1. The Balaban J connectivity index is 1.72. The topological polar surface area (TPSA) is 133 Å². The molecule has 1 aromatic heterocycles. The number of aromatic nitrogens is 1. The highest BCUT2D eigenvalue weighted by atomic mass is 16.6. The zero-order valence-corrected chi connectivity index (χ0v) is 17.0. The summed E-state index contributed by atoms with van der Waals surface area (Å²) in [6.45, 7) is 3.84. The molecule has 2 aromatic carbocycles. The van der Waals surface area contributed by atoms with Crippen LogP contribution in [0.1, 0.15) is 32.9 Å². The fraction of sp³-hybridized carbons (Fsp3) is 0.136. The van der Waals surface area contributed by atoms with Crippen LogP contribution in [0.5, 0.6) is 0 Å². The lowest BCUT2D eigenvalue weighted by atomic mass is 10.1. The number of hydrogen-bond acceptors (Lipinski definition) is 5. The number of para-hydroxylation sites is 1. The average Bonchev–Trinajstić information content (AvgIpc) is 3.01. The standard InChI is InChI=1S/C22H21N5O4/c1-14-11-18(15(2)26(14)19-9-7-16(8-10-19)22(23)29)13-24-25-21(28)12-17-5-3-4-6-20(17)27(30)31/h3-11,13H,12H2,1-2H3,(H2,23,29)(H,25,28). The number of nitrogens with zero attached hydrogens (tertiary/aromatic N) is 3. The highest BCUT2D eigenvalue weighted by Crippen LogP contribution is 2.20. The lowest BCUT2D eigenvalue weighted by molar-refractivity contribution is -0.385. The van der Waals surface area contributed by atoms with E-state index >= 15 is 0 Å². The van der Waals surface area contributed by atoms with Crippen LogP contribution in [0, 0.1) is 24.0 Å². The molecular weight excluding hydrogens is 398 g/mol. The molecule has 0 spiro atoms. The lowest BCUT2D eigenvalue weighted by Crippen LogP contribution is -2.20. The molecular formula is C22H21N5O4. The van der Waals surface area contributed by atoms with Gasteiger partial charge in [-0.25, -0.2) is 5.43 Å². The minimum absolute atomic E-state index is 0.104. The van der Waals surface area contributed by atoms with Crippen LogP contribution in [0.4, 0.5) is 5.69 Å². The van der Waals surface area contributed by atoms with Gasteiger partial charge in [-0.05, 0) is 44.2 Å². The van der Waals surface area contributed by atoms with E-state index in [4.69, 9.17) is 5.73 Å². The number of benzene rings is 2. The zero-order valence-electron chi connectivity index (χ0n) is 17.0. The van der Waals surface area contributed by atoms with Crippen LogP contribution in [-0.2, 0) is 11.2 Å². The molecule has 3 aromatic rings. The molecule has 31 heavy (non-hydrogen) atoms. The van der Waals surface area contributed by atoms with Crippen LogP contribution in [0.25, 0.3) is 5.69 Å². The van der Waals surface area contributed by atoms with Crippen molar-refractivity contribution in [1.82, 2.24) is 9.99 Å². The maximum Gasteiger partial charge on any atom is 0.273 e. The van der Waals surface area contributed by atoms with E-state index in [0.29, 0.717) is 11.1 Å². The third-order valence-corrected chi connectivity index (χ3v) is 4.81. The number of rotatable bonds is 7. The number of amides is 2. The summed E-state index contributed by atoms with van der Waals surface area (Å²) in [6.07, 6.45) is 1.37. The Bertz CT molecular complexity index is 1180. The van der Waals surface area contributed by atoms with Crippen molar-refractivity contribution in [2.24, 2.45) is 10.8 Å². The summed E-state index contributed by atoms with van der Waals surface area (Å²) in [5.41, 5.74) is 11.8. The van der Waals surface area contributed by atoms with Gasteiger partial charge in [-0.15, -0.1) is 0 Å². The highest BCUT2D eigenvalue weighted by molar-refractivity contribution is 5.93. The molecule has 0 fully saturated rings. The van der Waals surface area contributed by atoms with Crippen LogP contribution in [0.15, 0.2) is 59.7 Å². The molecule has 0 radical (unpaired) electrons.